The fraction of sp³-hybridized carbons (Fsp3) is 0.167. The van der Waals surface area contributed by atoms with Gasteiger partial charge >= 0.3 is 0 Å². The summed E-state index contributed by atoms with van der Waals surface area (Å²) >= 11 is 12.0. The van der Waals surface area contributed by atoms with Crippen LogP contribution in [0.25, 0.3) is 34.4 Å². The quantitative estimate of drug-likeness (QED) is 0.449. The summed E-state index contributed by atoms with van der Waals surface area (Å²) in [5.74, 6) is 0. The monoisotopic (exact) mass is 382 g/mol. The van der Waals surface area contributed by atoms with Gasteiger partial charge in [0, 0.05) is 10.0 Å². The van der Waals surface area contributed by atoms with Crippen molar-refractivity contribution in [2.75, 3.05) is 0 Å². The van der Waals surface area contributed by atoms with E-state index in [1.54, 1.807) is 0 Å². The van der Waals surface area contributed by atoms with Crippen molar-refractivity contribution in [1.82, 2.24) is 0 Å². The second-order valence-electron chi connectivity index (χ2n) is 5.58. The van der Waals surface area contributed by atoms with Crippen molar-refractivity contribution in [1.29, 1.82) is 0 Å². The fourth-order valence-electron chi connectivity index (χ4n) is 3.02. The molecule has 0 amide bonds. The number of hydrogen-bond acceptors (Lipinski definition) is 0. The van der Waals surface area contributed by atoms with Gasteiger partial charge in [0.2, 0.25) is 0 Å². The van der Waals surface area contributed by atoms with E-state index in [0.29, 0.717) is 0 Å². The molecule has 0 fully saturated rings. The van der Waals surface area contributed by atoms with Crippen molar-refractivity contribution in [2.24, 2.45) is 0 Å². The molecule has 0 unspecified atom stereocenters. The van der Waals surface area contributed by atoms with E-state index < -0.39 is 0 Å². The summed E-state index contributed by atoms with van der Waals surface area (Å²) in [5, 5.41) is 3.96. The van der Waals surface area contributed by atoms with Gasteiger partial charge in [-0.25, -0.2) is 0 Å². The Morgan fingerprint density at radius 1 is 0.538 bits per heavy atom. The van der Waals surface area contributed by atoms with Crippen LogP contribution in [0.5, 0.6) is 0 Å². The lowest BCUT2D eigenvalue weighted by Gasteiger charge is -2.10. The molecule has 2 heteroatoms. The van der Waals surface area contributed by atoms with Gasteiger partial charge in [-0.1, -0.05) is 85.6 Å². The van der Waals surface area contributed by atoms with Gasteiger partial charge in [-0.3, -0.25) is 0 Å². The molecule has 3 aromatic carbocycles. The second kappa shape index (κ2) is 9.62. The summed E-state index contributed by atoms with van der Waals surface area (Å²) in [7, 11) is 0. The van der Waals surface area contributed by atoms with Gasteiger partial charge in [0.1, 0.15) is 0 Å². The zero-order chi connectivity index (χ0) is 19.1. The van der Waals surface area contributed by atoms with Gasteiger partial charge < -0.3 is 0 Å². The number of benzene rings is 3. The highest BCUT2D eigenvalue weighted by Crippen LogP contribution is 2.22. The summed E-state index contributed by atoms with van der Waals surface area (Å²) in [4.78, 5) is 0. The standard InChI is InChI=1S/C22H18Cl2.C2H6/c1-3-19-20(4-2)22(16-7-11-18(24)12-8-16)14-13-21(19)15-5-9-17(23)10-6-15;1-2/h3-14H,1-2H3;1-2H3/b19-3+,20-4+;. The summed E-state index contributed by atoms with van der Waals surface area (Å²) in [5.41, 5.74) is 4.75. The Morgan fingerprint density at radius 2 is 0.846 bits per heavy atom. The fourth-order valence-corrected chi connectivity index (χ4v) is 3.27. The zero-order valence-electron chi connectivity index (χ0n) is 15.7. The van der Waals surface area contributed by atoms with E-state index >= 15 is 0 Å². The summed E-state index contributed by atoms with van der Waals surface area (Å²) in [6, 6.07) is 20.3. The van der Waals surface area contributed by atoms with Gasteiger partial charge in [0.25, 0.3) is 0 Å². The molecule has 0 saturated carbocycles. The van der Waals surface area contributed by atoms with Crippen molar-refractivity contribution >= 4 is 35.4 Å². The summed E-state index contributed by atoms with van der Waals surface area (Å²) < 4.78 is 0. The van der Waals surface area contributed by atoms with Crippen LogP contribution >= 0.6 is 23.2 Å². The lowest BCUT2D eigenvalue weighted by molar-refractivity contribution is 1.46. The third-order valence-electron chi connectivity index (χ3n) is 4.17. The molecule has 0 saturated heterocycles. The highest BCUT2D eigenvalue weighted by atomic mass is 35.5. The molecule has 3 rings (SSSR count). The van der Waals surface area contributed by atoms with Crippen molar-refractivity contribution in [3.05, 3.63) is 81.1 Å². The van der Waals surface area contributed by atoms with Gasteiger partial charge in [0.05, 0.1) is 0 Å². The Balaban J connectivity index is 0.00000117. The highest BCUT2D eigenvalue weighted by Gasteiger charge is 2.06. The van der Waals surface area contributed by atoms with Crippen molar-refractivity contribution in [3.63, 3.8) is 0 Å². The van der Waals surface area contributed by atoms with Gasteiger partial charge in [-0.05, 0) is 70.8 Å². The second-order valence-corrected chi connectivity index (χ2v) is 6.45. The molecule has 0 aliphatic carbocycles. The first kappa shape index (κ1) is 20.3. The highest BCUT2D eigenvalue weighted by molar-refractivity contribution is 6.30. The summed E-state index contributed by atoms with van der Waals surface area (Å²) in [6.07, 6.45) is 4.33. The Hall–Kier alpha value is -2.02. The first-order chi connectivity index (χ1) is 12.6. The minimum atomic E-state index is 0.751. The van der Waals surface area contributed by atoms with Crippen LogP contribution in [-0.4, -0.2) is 0 Å². The average molecular weight is 383 g/mol. The SMILES string of the molecule is C/C=c1/c(-c2ccc(Cl)cc2)ccc(-c2ccc(Cl)cc2)/c1=C/C.CC. The van der Waals surface area contributed by atoms with Gasteiger partial charge in [-0.2, -0.15) is 0 Å². The van der Waals surface area contributed by atoms with Crippen LogP contribution < -0.4 is 10.4 Å². The smallest absolute Gasteiger partial charge is 0.0406 e. The van der Waals surface area contributed by atoms with E-state index in [4.69, 9.17) is 23.2 Å². The van der Waals surface area contributed by atoms with Crippen LogP contribution in [0.3, 0.4) is 0 Å². The third-order valence-corrected chi connectivity index (χ3v) is 4.68. The molecular formula is C24H24Cl2. The van der Waals surface area contributed by atoms with Gasteiger partial charge in [-0.15, -0.1) is 0 Å². The molecule has 0 spiro atoms. The Kier molecular flexibility index (Phi) is 7.50. The van der Waals surface area contributed by atoms with Crippen LogP contribution in [0.15, 0.2) is 60.7 Å². The molecule has 0 heterocycles. The van der Waals surface area contributed by atoms with Crippen molar-refractivity contribution in [3.8, 4) is 22.3 Å². The molecular weight excluding hydrogens is 359 g/mol. The molecule has 0 nitrogen and oxygen atoms in total. The topological polar surface area (TPSA) is 0 Å². The van der Waals surface area contributed by atoms with Crippen LogP contribution in [0, 0.1) is 0 Å². The Bertz CT molecular complexity index is 884. The molecule has 0 bridgehead atoms. The molecule has 0 radical (unpaired) electrons. The number of rotatable bonds is 2. The minimum Gasteiger partial charge on any atom is -0.0843 e. The summed E-state index contributed by atoms with van der Waals surface area (Å²) in [6.45, 7) is 8.15. The molecule has 3 aromatic rings. The molecule has 0 aromatic heterocycles. The van der Waals surface area contributed by atoms with Crippen LogP contribution in [0.4, 0.5) is 0 Å². The molecule has 0 atom stereocenters. The van der Waals surface area contributed by atoms with Crippen LogP contribution in [0.1, 0.15) is 27.7 Å². The first-order valence-electron chi connectivity index (χ1n) is 8.91. The lowest BCUT2D eigenvalue weighted by atomic mass is 9.95. The van der Waals surface area contributed by atoms with E-state index in [1.807, 2.05) is 38.1 Å². The van der Waals surface area contributed by atoms with Crippen molar-refractivity contribution < 1.29 is 0 Å². The Labute approximate surface area is 166 Å². The number of halogens is 2. The van der Waals surface area contributed by atoms with E-state index in [0.717, 1.165) is 10.0 Å². The van der Waals surface area contributed by atoms with Crippen molar-refractivity contribution in [2.45, 2.75) is 27.7 Å². The van der Waals surface area contributed by atoms with Crippen LogP contribution in [-0.2, 0) is 0 Å². The molecule has 0 aliphatic heterocycles. The Morgan fingerprint density at radius 3 is 1.12 bits per heavy atom. The van der Waals surface area contributed by atoms with Gasteiger partial charge in [0.15, 0.2) is 0 Å². The minimum absolute atomic E-state index is 0.751. The van der Waals surface area contributed by atoms with E-state index in [-0.39, 0.29) is 0 Å². The predicted octanol–water partition coefficient (Wildman–Crippen LogP) is 6.95. The molecule has 26 heavy (non-hydrogen) atoms. The molecule has 0 N–H and O–H groups in total. The maximum absolute atomic E-state index is 6.02. The zero-order valence-corrected chi connectivity index (χ0v) is 17.2. The molecule has 0 aliphatic rings. The van der Waals surface area contributed by atoms with E-state index in [1.165, 1.54) is 32.7 Å². The number of hydrogen-bond donors (Lipinski definition) is 0. The first-order valence-corrected chi connectivity index (χ1v) is 9.67. The maximum atomic E-state index is 6.02. The van der Waals surface area contributed by atoms with E-state index in [9.17, 15) is 0 Å². The predicted molar refractivity (Wildman–Crippen MR) is 118 cm³/mol. The van der Waals surface area contributed by atoms with E-state index in [2.05, 4.69) is 62.4 Å². The maximum Gasteiger partial charge on any atom is 0.0406 e. The normalized spacial score (nSPS) is 11.9. The third kappa shape index (κ3) is 4.38. The largest absolute Gasteiger partial charge is 0.0843 e. The van der Waals surface area contributed by atoms with Crippen LogP contribution in [0.2, 0.25) is 10.0 Å². The average Bonchev–Trinajstić information content (AvgIpc) is 2.69. The lowest BCUT2D eigenvalue weighted by Crippen LogP contribution is -2.28. The molecule has 134 valence electrons.